The first-order valence-electron chi connectivity index (χ1n) is 6.49. The minimum Gasteiger partial charge on any atom is -0.370 e. The fourth-order valence-electron chi connectivity index (χ4n) is 2.21. The Morgan fingerprint density at radius 2 is 1.85 bits per heavy atom. The largest absolute Gasteiger partial charge is 0.370 e. The summed E-state index contributed by atoms with van der Waals surface area (Å²) < 4.78 is 1.10. The number of nitrogens with zero attached hydrogens (tertiary/aromatic N) is 1. The highest BCUT2D eigenvalue weighted by Crippen LogP contribution is 2.25. The van der Waals surface area contributed by atoms with E-state index in [-0.39, 0.29) is 0 Å². The highest BCUT2D eigenvalue weighted by atomic mass is 79.9. The molecule has 0 aliphatic rings. The lowest BCUT2D eigenvalue weighted by atomic mass is 10.1. The minimum atomic E-state index is 0.774. The summed E-state index contributed by atoms with van der Waals surface area (Å²) in [5.41, 5.74) is 3.76. The maximum absolute atomic E-state index is 5.92. The van der Waals surface area contributed by atoms with Gasteiger partial charge in [0.05, 0.1) is 0 Å². The van der Waals surface area contributed by atoms with Crippen LogP contribution in [0.15, 0.2) is 46.9 Å². The molecule has 0 bridgehead atoms. The van der Waals surface area contributed by atoms with E-state index in [4.69, 9.17) is 11.6 Å². The molecule has 0 heterocycles. The Morgan fingerprint density at radius 3 is 2.50 bits per heavy atom. The van der Waals surface area contributed by atoms with Gasteiger partial charge >= 0.3 is 0 Å². The number of benzene rings is 2. The summed E-state index contributed by atoms with van der Waals surface area (Å²) in [5, 5.41) is 3.99. The summed E-state index contributed by atoms with van der Waals surface area (Å²) in [5.74, 6) is 0. The van der Waals surface area contributed by atoms with E-state index in [2.05, 4.69) is 63.5 Å². The second-order valence-electron chi connectivity index (χ2n) is 4.79. The van der Waals surface area contributed by atoms with Crippen LogP contribution in [0.25, 0.3) is 0 Å². The highest BCUT2D eigenvalue weighted by Gasteiger charge is 2.08. The first-order valence-corrected chi connectivity index (χ1v) is 7.66. The Labute approximate surface area is 133 Å². The molecule has 0 radical (unpaired) electrons. The van der Waals surface area contributed by atoms with Gasteiger partial charge < -0.3 is 10.2 Å². The molecule has 0 spiro atoms. The molecule has 1 N–H and O–H groups in total. The number of anilines is 1. The molecule has 2 nitrogen and oxygen atoms in total. The van der Waals surface area contributed by atoms with Gasteiger partial charge in [0.15, 0.2) is 0 Å². The molecule has 2 aromatic carbocycles. The highest BCUT2D eigenvalue weighted by molar-refractivity contribution is 9.10. The van der Waals surface area contributed by atoms with Crippen molar-refractivity contribution in [2.45, 2.75) is 13.1 Å². The van der Waals surface area contributed by atoms with Crippen molar-refractivity contribution < 1.29 is 0 Å². The Kier molecular flexibility index (Phi) is 5.46. The van der Waals surface area contributed by atoms with E-state index in [1.165, 1.54) is 16.8 Å². The molecule has 0 amide bonds. The van der Waals surface area contributed by atoms with E-state index >= 15 is 0 Å². The van der Waals surface area contributed by atoms with Crippen LogP contribution in [0, 0.1) is 0 Å². The van der Waals surface area contributed by atoms with Gasteiger partial charge in [0, 0.05) is 35.3 Å². The van der Waals surface area contributed by atoms with Crippen LogP contribution in [0.2, 0.25) is 5.02 Å². The number of nitrogens with one attached hydrogen (secondary N) is 1. The Balaban J connectivity index is 2.19. The van der Waals surface area contributed by atoms with Crippen LogP contribution in [0.5, 0.6) is 0 Å². The predicted molar refractivity (Wildman–Crippen MR) is 90.5 cm³/mol. The second-order valence-corrected chi connectivity index (χ2v) is 6.14. The molecule has 106 valence electrons. The zero-order chi connectivity index (χ0) is 14.5. The van der Waals surface area contributed by atoms with Crippen LogP contribution in [-0.4, -0.2) is 14.1 Å². The first-order chi connectivity index (χ1) is 9.60. The van der Waals surface area contributed by atoms with Crippen molar-refractivity contribution in [1.82, 2.24) is 5.32 Å². The van der Waals surface area contributed by atoms with Crippen molar-refractivity contribution in [2.24, 2.45) is 0 Å². The molecule has 4 heteroatoms. The van der Waals surface area contributed by atoms with Gasteiger partial charge in [0.1, 0.15) is 0 Å². The van der Waals surface area contributed by atoms with Crippen LogP contribution in [0.1, 0.15) is 11.1 Å². The van der Waals surface area contributed by atoms with E-state index in [1.807, 2.05) is 19.2 Å². The van der Waals surface area contributed by atoms with Crippen LogP contribution < -0.4 is 10.2 Å². The summed E-state index contributed by atoms with van der Waals surface area (Å²) in [6, 6.07) is 14.4. The van der Waals surface area contributed by atoms with Crippen LogP contribution in [0.4, 0.5) is 5.69 Å². The summed E-state index contributed by atoms with van der Waals surface area (Å²) >= 11 is 9.45. The quantitative estimate of drug-likeness (QED) is 0.854. The third-order valence-corrected chi connectivity index (χ3v) is 3.90. The molecule has 0 fully saturated rings. The molecule has 2 rings (SSSR count). The van der Waals surface area contributed by atoms with Crippen molar-refractivity contribution in [2.75, 3.05) is 19.0 Å². The first kappa shape index (κ1) is 15.4. The van der Waals surface area contributed by atoms with Gasteiger partial charge in [0.25, 0.3) is 0 Å². The minimum absolute atomic E-state index is 0.774. The molecule has 20 heavy (non-hydrogen) atoms. The number of halogens is 2. The van der Waals surface area contributed by atoms with Crippen LogP contribution >= 0.6 is 27.5 Å². The monoisotopic (exact) mass is 352 g/mol. The molecule has 0 aliphatic carbocycles. The smallest absolute Gasteiger partial charge is 0.0426 e. The van der Waals surface area contributed by atoms with Crippen molar-refractivity contribution in [3.05, 3.63) is 63.1 Å². The average molecular weight is 354 g/mol. The summed E-state index contributed by atoms with van der Waals surface area (Å²) in [6.07, 6.45) is 0. The lowest BCUT2D eigenvalue weighted by Crippen LogP contribution is -2.19. The maximum atomic E-state index is 5.92. The number of hydrogen-bond donors (Lipinski definition) is 1. The Bertz CT molecular complexity index is 569. The van der Waals surface area contributed by atoms with Gasteiger partial charge in [-0.3, -0.25) is 0 Å². The van der Waals surface area contributed by atoms with Gasteiger partial charge in [-0.05, 0) is 48.5 Å². The molecule has 2 aromatic rings. The molecular weight excluding hydrogens is 336 g/mol. The maximum Gasteiger partial charge on any atom is 0.0426 e. The predicted octanol–water partition coefficient (Wildman–Crippen LogP) is 4.46. The van der Waals surface area contributed by atoms with Gasteiger partial charge in [-0.1, -0.05) is 39.7 Å². The summed E-state index contributed by atoms with van der Waals surface area (Å²) in [7, 11) is 4.07. The zero-order valence-electron chi connectivity index (χ0n) is 11.7. The Hall–Kier alpha value is -1.03. The summed E-state index contributed by atoms with van der Waals surface area (Å²) in [6.45, 7) is 1.70. The molecule has 0 saturated heterocycles. The van der Waals surface area contributed by atoms with Crippen LogP contribution in [-0.2, 0) is 13.1 Å². The Morgan fingerprint density at radius 1 is 1.15 bits per heavy atom. The topological polar surface area (TPSA) is 15.3 Å². The third-order valence-electron chi connectivity index (χ3n) is 3.15. The van der Waals surface area contributed by atoms with E-state index in [0.717, 1.165) is 22.6 Å². The number of hydrogen-bond acceptors (Lipinski definition) is 2. The van der Waals surface area contributed by atoms with Crippen molar-refractivity contribution >= 4 is 33.2 Å². The number of rotatable bonds is 5. The SMILES string of the molecule is CNCc1cc(Br)ccc1N(C)Cc1ccc(Cl)cc1. The van der Waals surface area contributed by atoms with E-state index in [0.29, 0.717) is 0 Å². The standard InChI is InChI=1S/C16H18BrClN2/c1-19-10-13-9-14(17)5-8-16(13)20(2)11-12-3-6-15(18)7-4-12/h3-9,19H,10-11H2,1-2H3. The lowest BCUT2D eigenvalue weighted by Gasteiger charge is -2.23. The molecule has 0 saturated carbocycles. The van der Waals surface area contributed by atoms with Crippen molar-refractivity contribution in [3.63, 3.8) is 0 Å². The van der Waals surface area contributed by atoms with Gasteiger partial charge in [-0.2, -0.15) is 0 Å². The van der Waals surface area contributed by atoms with Gasteiger partial charge in [0.2, 0.25) is 0 Å². The fraction of sp³-hybridized carbons (Fsp3) is 0.250. The zero-order valence-corrected chi connectivity index (χ0v) is 14.0. The summed E-state index contributed by atoms with van der Waals surface area (Å²) in [4.78, 5) is 2.25. The fourth-order valence-corrected chi connectivity index (χ4v) is 2.74. The van der Waals surface area contributed by atoms with Crippen molar-refractivity contribution in [3.8, 4) is 0 Å². The van der Waals surface area contributed by atoms with E-state index in [9.17, 15) is 0 Å². The van der Waals surface area contributed by atoms with E-state index in [1.54, 1.807) is 0 Å². The third kappa shape index (κ3) is 3.98. The molecule has 0 unspecified atom stereocenters. The molecule has 0 atom stereocenters. The molecule has 0 aliphatic heterocycles. The normalized spacial score (nSPS) is 10.6. The average Bonchev–Trinajstić information content (AvgIpc) is 2.42. The van der Waals surface area contributed by atoms with Gasteiger partial charge in [-0.15, -0.1) is 0 Å². The van der Waals surface area contributed by atoms with Gasteiger partial charge in [-0.25, -0.2) is 0 Å². The molecule has 0 aromatic heterocycles. The van der Waals surface area contributed by atoms with Crippen LogP contribution in [0.3, 0.4) is 0 Å². The lowest BCUT2D eigenvalue weighted by molar-refractivity contribution is 0.805. The van der Waals surface area contributed by atoms with E-state index < -0.39 is 0 Å². The van der Waals surface area contributed by atoms with Crippen molar-refractivity contribution in [1.29, 1.82) is 0 Å². The second kappa shape index (κ2) is 7.11. The molecular formula is C16H18BrClN2.